The van der Waals surface area contributed by atoms with Gasteiger partial charge in [-0.1, -0.05) is 70.2 Å². The van der Waals surface area contributed by atoms with E-state index < -0.39 is 18.2 Å². The Morgan fingerprint density at radius 2 is 1.50 bits per heavy atom. The number of ether oxygens (including phenoxy) is 1. The van der Waals surface area contributed by atoms with E-state index in [9.17, 15) is 14.4 Å². The Morgan fingerprint density at radius 3 is 2.21 bits per heavy atom. The number of aromatic amines is 2. The highest BCUT2D eigenvalue weighted by molar-refractivity contribution is 5.90. The molecule has 0 aliphatic carbocycles. The SMILES string of the molecule is COOC=N[C@H](C(=O)N1CCC[C@H]1c1nc2ccc(C=Cc3ccc4cc(-c5cnc([C@@H]6CCCN6C(=O)[C@@H](NC(=O)OC)C(C)C)[nH]5)ccc4c3)cc2[nH]1)C(C)C. The van der Waals surface area contributed by atoms with E-state index in [1.807, 2.05) is 49.8 Å². The summed E-state index contributed by atoms with van der Waals surface area (Å²) in [6.07, 6.45) is 9.94. The molecule has 14 heteroatoms. The lowest BCUT2D eigenvalue weighted by Gasteiger charge is -2.30. The van der Waals surface area contributed by atoms with E-state index in [-0.39, 0.29) is 35.7 Å². The summed E-state index contributed by atoms with van der Waals surface area (Å²) in [4.78, 5) is 73.2. The van der Waals surface area contributed by atoms with Gasteiger partial charge in [0.2, 0.25) is 18.2 Å². The molecule has 7 rings (SSSR count). The summed E-state index contributed by atoms with van der Waals surface area (Å²) in [5.74, 6) is 1.22. The molecular formula is C44H52N8O6. The van der Waals surface area contributed by atoms with Gasteiger partial charge in [-0.2, -0.15) is 4.89 Å². The van der Waals surface area contributed by atoms with E-state index in [4.69, 9.17) is 19.6 Å². The second-order valence-electron chi connectivity index (χ2n) is 15.7. The largest absolute Gasteiger partial charge is 0.453 e. The van der Waals surface area contributed by atoms with Gasteiger partial charge in [0.05, 0.1) is 49.2 Å². The van der Waals surface area contributed by atoms with Crippen LogP contribution in [0.1, 0.15) is 88.2 Å². The van der Waals surface area contributed by atoms with Crippen LogP contribution in [0.5, 0.6) is 0 Å². The van der Waals surface area contributed by atoms with Crippen molar-refractivity contribution in [2.75, 3.05) is 27.3 Å². The van der Waals surface area contributed by atoms with Gasteiger partial charge in [0.1, 0.15) is 23.7 Å². The number of alkyl carbamates (subject to hydrolysis) is 1. The van der Waals surface area contributed by atoms with Gasteiger partial charge in [0.25, 0.3) is 0 Å². The first-order valence-corrected chi connectivity index (χ1v) is 20.0. The number of carbonyl (C=O) groups excluding carboxylic acids is 3. The quantitative estimate of drug-likeness (QED) is 0.0360. The van der Waals surface area contributed by atoms with Crippen molar-refractivity contribution in [1.29, 1.82) is 0 Å². The summed E-state index contributed by atoms with van der Waals surface area (Å²) in [6.45, 7) is 9.00. The number of aliphatic imine (C=N–C) groups is 1. The van der Waals surface area contributed by atoms with Gasteiger partial charge in [0.15, 0.2) is 0 Å². The number of benzene rings is 3. The highest BCUT2D eigenvalue weighted by Crippen LogP contribution is 2.35. The van der Waals surface area contributed by atoms with E-state index in [1.54, 1.807) is 0 Å². The molecule has 2 fully saturated rings. The monoisotopic (exact) mass is 788 g/mol. The Bertz CT molecular complexity index is 2330. The van der Waals surface area contributed by atoms with Gasteiger partial charge in [-0.3, -0.25) is 9.59 Å². The maximum atomic E-state index is 13.6. The van der Waals surface area contributed by atoms with Crippen LogP contribution in [-0.2, 0) is 24.1 Å². The molecule has 3 aromatic carbocycles. The number of likely N-dealkylation sites (tertiary alicyclic amines) is 2. The van der Waals surface area contributed by atoms with Crippen molar-refractivity contribution in [1.82, 2.24) is 35.1 Å². The molecule has 5 aromatic rings. The van der Waals surface area contributed by atoms with Gasteiger partial charge in [-0.25, -0.2) is 19.8 Å². The maximum absolute atomic E-state index is 13.6. The van der Waals surface area contributed by atoms with Gasteiger partial charge in [-0.15, -0.1) is 0 Å². The summed E-state index contributed by atoms with van der Waals surface area (Å²) in [7, 11) is 2.69. The average Bonchev–Trinajstić information content (AvgIpc) is 4.06. The third kappa shape index (κ3) is 8.61. The van der Waals surface area contributed by atoms with Crippen molar-refractivity contribution in [3.63, 3.8) is 0 Å². The summed E-state index contributed by atoms with van der Waals surface area (Å²) in [6, 6.07) is 17.2. The third-order valence-electron chi connectivity index (χ3n) is 11.1. The van der Waals surface area contributed by atoms with Gasteiger partial charge in [-0.05, 0) is 83.7 Å². The Hall–Kier alpha value is -6.02. The molecule has 2 aliphatic rings. The molecule has 0 unspecified atom stereocenters. The van der Waals surface area contributed by atoms with Crippen LogP contribution in [0.4, 0.5) is 4.79 Å². The molecule has 3 amide bonds. The molecule has 0 saturated carbocycles. The van der Waals surface area contributed by atoms with Crippen LogP contribution >= 0.6 is 0 Å². The molecule has 0 radical (unpaired) electrons. The molecule has 4 heterocycles. The number of hydrogen-bond acceptors (Lipinski definition) is 9. The standard InChI is InChI=1S/C44H52N8O6/c1-26(2)38(46-25-58-57-6)42(53)52-20-8-10-37(52)41-47-33-18-14-29(22-34(33)48-41)12-11-28-13-15-31-23-32(17-16-30(31)21-28)35-24-45-40(49-35)36-9-7-19-51(36)43(54)39(27(3)4)50-44(55)56-5/h11-18,21-27,36-39H,7-10,19-20H2,1-6H3,(H,45,49)(H,47,48)(H,50,55)/t36-,37-,38-,39-/m0/s1. The van der Waals surface area contributed by atoms with Crippen LogP contribution in [0.3, 0.4) is 0 Å². The number of hydrogen-bond donors (Lipinski definition) is 3. The van der Waals surface area contributed by atoms with Crippen LogP contribution < -0.4 is 5.32 Å². The van der Waals surface area contributed by atoms with Gasteiger partial charge >= 0.3 is 6.09 Å². The number of imidazole rings is 2. The summed E-state index contributed by atoms with van der Waals surface area (Å²) >= 11 is 0. The second-order valence-corrected chi connectivity index (χ2v) is 15.7. The minimum Gasteiger partial charge on any atom is -0.453 e. The van der Waals surface area contributed by atoms with Gasteiger partial charge in [0, 0.05) is 18.7 Å². The first-order valence-electron chi connectivity index (χ1n) is 20.0. The minimum atomic E-state index is -0.684. The first-order chi connectivity index (χ1) is 28.0. The van der Waals surface area contributed by atoms with Crippen molar-refractivity contribution in [3.05, 3.63) is 83.6 Å². The number of methoxy groups -OCH3 is 1. The highest BCUT2D eigenvalue weighted by atomic mass is 17.2. The van der Waals surface area contributed by atoms with Crippen molar-refractivity contribution in [2.45, 2.75) is 77.5 Å². The molecule has 0 bridgehead atoms. The Balaban J connectivity index is 1.03. The molecule has 2 saturated heterocycles. The Morgan fingerprint density at radius 1 is 0.828 bits per heavy atom. The van der Waals surface area contributed by atoms with Gasteiger partial charge < -0.3 is 34.7 Å². The number of carbonyl (C=O) groups is 3. The number of rotatable bonds is 13. The molecule has 304 valence electrons. The Kier molecular flexibility index (Phi) is 12.2. The summed E-state index contributed by atoms with van der Waals surface area (Å²) < 4.78 is 4.77. The predicted molar refractivity (Wildman–Crippen MR) is 223 cm³/mol. The van der Waals surface area contributed by atoms with Crippen LogP contribution in [-0.4, -0.2) is 93.4 Å². The lowest BCUT2D eigenvalue weighted by molar-refractivity contribution is -0.188. The first kappa shape index (κ1) is 40.2. The number of H-pyrrole nitrogens is 2. The van der Waals surface area contributed by atoms with E-state index >= 15 is 0 Å². The number of nitrogens with zero attached hydrogens (tertiary/aromatic N) is 5. The van der Waals surface area contributed by atoms with Crippen LogP contribution in [0.25, 0.3) is 45.2 Å². The summed E-state index contributed by atoms with van der Waals surface area (Å²) in [5.41, 5.74) is 5.74. The molecule has 3 N–H and O–H groups in total. The zero-order valence-corrected chi connectivity index (χ0v) is 33.9. The molecule has 2 aromatic heterocycles. The van der Waals surface area contributed by atoms with Crippen molar-refractivity contribution < 1.29 is 28.9 Å². The maximum Gasteiger partial charge on any atom is 0.407 e. The van der Waals surface area contributed by atoms with E-state index in [0.29, 0.717) is 13.1 Å². The normalized spacial score (nSPS) is 18.3. The van der Waals surface area contributed by atoms with Crippen LogP contribution in [0.2, 0.25) is 0 Å². The lowest BCUT2D eigenvalue weighted by Crippen LogP contribution is -2.51. The smallest absolute Gasteiger partial charge is 0.407 e. The molecule has 14 nitrogen and oxygen atoms in total. The zero-order valence-electron chi connectivity index (χ0n) is 33.9. The molecular weight excluding hydrogens is 737 g/mol. The number of nitrogens with one attached hydrogen (secondary N) is 3. The van der Waals surface area contributed by atoms with Crippen molar-refractivity contribution in [3.8, 4) is 11.3 Å². The lowest BCUT2D eigenvalue weighted by atomic mass is 10.0. The fourth-order valence-electron chi connectivity index (χ4n) is 8.02. The number of fused-ring (bicyclic) bond motifs is 2. The predicted octanol–water partition coefficient (Wildman–Crippen LogP) is 7.62. The summed E-state index contributed by atoms with van der Waals surface area (Å²) in [5, 5.41) is 4.91. The molecule has 0 spiro atoms. The zero-order chi connectivity index (χ0) is 40.9. The highest BCUT2D eigenvalue weighted by Gasteiger charge is 2.38. The average molecular weight is 789 g/mol. The third-order valence-corrected chi connectivity index (χ3v) is 11.1. The fraction of sp³-hybridized carbons (Fsp3) is 0.409. The molecule has 4 atom stereocenters. The Labute approximate surface area is 338 Å². The van der Waals surface area contributed by atoms with Crippen molar-refractivity contribution in [2.24, 2.45) is 16.8 Å². The van der Waals surface area contributed by atoms with Crippen LogP contribution in [0, 0.1) is 11.8 Å². The molecule has 2 aliphatic heterocycles. The van der Waals surface area contributed by atoms with E-state index in [2.05, 4.69) is 85.8 Å². The topological polar surface area (TPSA) is 167 Å². The van der Waals surface area contributed by atoms with E-state index in [1.165, 1.54) is 20.6 Å². The number of amides is 3. The second kappa shape index (κ2) is 17.6. The van der Waals surface area contributed by atoms with Crippen LogP contribution in [0.15, 0.2) is 65.8 Å². The molecule has 58 heavy (non-hydrogen) atoms. The van der Waals surface area contributed by atoms with Crippen molar-refractivity contribution >= 4 is 58.3 Å². The fourth-order valence-corrected chi connectivity index (χ4v) is 8.02. The minimum absolute atomic E-state index is 0.00961. The van der Waals surface area contributed by atoms with E-state index in [0.717, 1.165) is 81.5 Å². The number of aromatic nitrogens is 4.